The summed E-state index contributed by atoms with van der Waals surface area (Å²) >= 11 is 5.74. The van der Waals surface area contributed by atoms with Gasteiger partial charge in [0.15, 0.2) is 6.10 Å². The van der Waals surface area contributed by atoms with E-state index in [1.54, 1.807) is 37.4 Å². The number of carbonyl (C=O) groups excluding carboxylic acids is 2. The van der Waals surface area contributed by atoms with Gasteiger partial charge in [0.1, 0.15) is 17.3 Å². The summed E-state index contributed by atoms with van der Waals surface area (Å²) in [5, 5.41) is 3.00. The van der Waals surface area contributed by atoms with Crippen LogP contribution in [0.3, 0.4) is 0 Å². The van der Waals surface area contributed by atoms with Gasteiger partial charge in [0.05, 0.1) is 25.7 Å². The van der Waals surface area contributed by atoms with Gasteiger partial charge in [-0.15, -0.1) is 0 Å². The molecule has 8 heteroatoms. The van der Waals surface area contributed by atoms with Gasteiger partial charge in [-0.05, 0) is 25.1 Å². The molecule has 1 aromatic heterocycles. The van der Waals surface area contributed by atoms with Crippen molar-refractivity contribution in [3.05, 3.63) is 47.1 Å². The van der Waals surface area contributed by atoms with E-state index in [1.807, 2.05) is 0 Å². The molecule has 0 saturated heterocycles. The zero-order chi connectivity index (χ0) is 19.1. The molecule has 1 heterocycles. The number of halogens is 1. The summed E-state index contributed by atoms with van der Waals surface area (Å²) in [6.07, 6.45) is 0.387. The molecule has 0 spiro atoms. The Labute approximate surface area is 156 Å². The predicted octanol–water partition coefficient (Wildman–Crippen LogP) is 2.87. The Morgan fingerprint density at radius 2 is 1.96 bits per heavy atom. The maximum absolute atomic E-state index is 12.1. The van der Waals surface area contributed by atoms with Crippen LogP contribution in [0.4, 0.5) is 5.82 Å². The van der Waals surface area contributed by atoms with Gasteiger partial charge in [0.2, 0.25) is 0 Å². The second kappa shape index (κ2) is 9.05. The molecule has 1 N–H and O–H groups in total. The fourth-order valence-corrected chi connectivity index (χ4v) is 2.24. The highest BCUT2D eigenvalue weighted by Gasteiger charge is 2.19. The van der Waals surface area contributed by atoms with Crippen LogP contribution in [0.15, 0.2) is 36.5 Å². The quantitative estimate of drug-likeness (QED) is 0.745. The van der Waals surface area contributed by atoms with E-state index in [9.17, 15) is 9.59 Å². The number of benzene rings is 1. The zero-order valence-corrected chi connectivity index (χ0v) is 15.4. The summed E-state index contributed by atoms with van der Waals surface area (Å²) in [4.78, 5) is 28.2. The van der Waals surface area contributed by atoms with Crippen LogP contribution in [0.5, 0.6) is 11.5 Å². The lowest BCUT2D eigenvalue weighted by Gasteiger charge is -2.14. The Morgan fingerprint density at radius 3 is 2.58 bits per heavy atom. The van der Waals surface area contributed by atoms with Crippen LogP contribution in [-0.4, -0.2) is 37.2 Å². The van der Waals surface area contributed by atoms with Crippen LogP contribution in [0.25, 0.3) is 0 Å². The normalized spacial score (nSPS) is 11.4. The van der Waals surface area contributed by atoms with Crippen molar-refractivity contribution in [3.63, 3.8) is 0 Å². The molecule has 138 valence electrons. The Bertz CT molecular complexity index is 780. The van der Waals surface area contributed by atoms with Crippen LogP contribution in [0, 0.1) is 0 Å². The Morgan fingerprint density at radius 1 is 1.19 bits per heavy atom. The molecular formula is C18H19ClN2O5. The number of amides is 1. The van der Waals surface area contributed by atoms with Gasteiger partial charge >= 0.3 is 5.97 Å². The van der Waals surface area contributed by atoms with Crippen molar-refractivity contribution >= 4 is 29.3 Å². The third kappa shape index (κ3) is 5.35. The predicted molar refractivity (Wildman–Crippen MR) is 96.7 cm³/mol. The van der Waals surface area contributed by atoms with E-state index in [-0.39, 0.29) is 6.42 Å². The number of nitrogens with one attached hydrogen (secondary N) is 1. The maximum Gasteiger partial charge on any atom is 0.311 e. The molecular weight excluding hydrogens is 360 g/mol. The summed E-state index contributed by atoms with van der Waals surface area (Å²) in [5.41, 5.74) is 0.630. The first-order valence-corrected chi connectivity index (χ1v) is 8.13. The molecule has 1 amide bonds. The number of aromatic nitrogens is 1. The number of rotatable bonds is 7. The number of hydrogen-bond donors (Lipinski definition) is 1. The minimum absolute atomic E-state index is 0.0377. The molecule has 0 aliphatic carbocycles. The van der Waals surface area contributed by atoms with Crippen LogP contribution < -0.4 is 14.8 Å². The number of hydrogen-bond acceptors (Lipinski definition) is 6. The first kappa shape index (κ1) is 19.5. The SMILES string of the molecule is COc1ccc(CC(=O)OC(C)C(=O)Nc2ccc(Cl)cn2)c(OC)c1. The van der Waals surface area contributed by atoms with Gasteiger partial charge in [0.25, 0.3) is 5.91 Å². The molecule has 0 fully saturated rings. The van der Waals surface area contributed by atoms with Gasteiger partial charge in [-0.3, -0.25) is 9.59 Å². The van der Waals surface area contributed by atoms with Crippen LogP contribution >= 0.6 is 11.6 Å². The van der Waals surface area contributed by atoms with E-state index in [2.05, 4.69) is 10.3 Å². The minimum atomic E-state index is -0.982. The number of nitrogens with zero attached hydrogens (tertiary/aromatic N) is 1. The van der Waals surface area contributed by atoms with Crippen LogP contribution in [-0.2, 0) is 20.7 Å². The minimum Gasteiger partial charge on any atom is -0.497 e. The van der Waals surface area contributed by atoms with Crippen molar-refractivity contribution < 1.29 is 23.8 Å². The Kier molecular flexibility index (Phi) is 6.80. The summed E-state index contributed by atoms with van der Waals surface area (Å²) in [7, 11) is 3.04. The van der Waals surface area contributed by atoms with Gasteiger partial charge in [-0.25, -0.2) is 4.98 Å². The fourth-order valence-electron chi connectivity index (χ4n) is 2.12. The Hall–Kier alpha value is -2.80. The van der Waals surface area contributed by atoms with E-state index in [1.165, 1.54) is 20.2 Å². The molecule has 0 saturated carbocycles. The smallest absolute Gasteiger partial charge is 0.311 e. The topological polar surface area (TPSA) is 86.8 Å². The second-order valence-electron chi connectivity index (χ2n) is 5.34. The Balaban J connectivity index is 1.94. The van der Waals surface area contributed by atoms with Gasteiger partial charge in [-0.1, -0.05) is 17.7 Å². The lowest BCUT2D eigenvalue weighted by Crippen LogP contribution is -2.30. The zero-order valence-electron chi connectivity index (χ0n) is 14.6. The van der Waals surface area contributed by atoms with E-state index >= 15 is 0 Å². The van der Waals surface area contributed by atoms with Gasteiger partial charge in [0, 0.05) is 17.8 Å². The monoisotopic (exact) mass is 378 g/mol. The average molecular weight is 379 g/mol. The molecule has 7 nitrogen and oxygen atoms in total. The number of carbonyl (C=O) groups is 2. The van der Waals surface area contributed by atoms with Crippen molar-refractivity contribution in [1.82, 2.24) is 4.98 Å². The molecule has 26 heavy (non-hydrogen) atoms. The molecule has 1 atom stereocenters. The van der Waals surface area contributed by atoms with Crippen LogP contribution in [0.1, 0.15) is 12.5 Å². The molecule has 0 aliphatic rings. The number of methoxy groups -OCH3 is 2. The maximum atomic E-state index is 12.1. The third-order valence-corrected chi connectivity index (χ3v) is 3.71. The van der Waals surface area contributed by atoms with Crippen molar-refractivity contribution in [3.8, 4) is 11.5 Å². The van der Waals surface area contributed by atoms with Crippen molar-refractivity contribution in [1.29, 1.82) is 0 Å². The summed E-state index contributed by atoms with van der Waals surface area (Å²) in [6.45, 7) is 1.48. The lowest BCUT2D eigenvalue weighted by molar-refractivity contribution is -0.152. The summed E-state index contributed by atoms with van der Waals surface area (Å²) in [6, 6.07) is 8.24. The first-order valence-electron chi connectivity index (χ1n) is 7.75. The van der Waals surface area contributed by atoms with Crippen molar-refractivity contribution in [2.45, 2.75) is 19.4 Å². The van der Waals surface area contributed by atoms with Gasteiger partial charge in [-0.2, -0.15) is 0 Å². The second-order valence-corrected chi connectivity index (χ2v) is 5.77. The molecule has 0 aliphatic heterocycles. The lowest BCUT2D eigenvalue weighted by atomic mass is 10.1. The van der Waals surface area contributed by atoms with E-state index in [4.69, 9.17) is 25.8 Å². The molecule has 2 rings (SSSR count). The van der Waals surface area contributed by atoms with Crippen molar-refractivity contribution in [2.75, 3.05) is 19.5 Å². The van der Waals surface area contributed by atoms with E-state index in [0.717, 1.165) is 0 Å². The number of pyridine rings is 1. The van der Waals surface area contributed by atoms with E-state index < -0.39 is 18.0 Å². The van der Waals surface area contributed by atoms with Crippen molar-refractivity contribution in [2.24, 2.45) is 0 Å². The van der Waals surface area contributed by atoms with Gasteiger partial charge < -0.3 is 19.5 Å². The molecule has 1 unspecified atom stereocenters. The van der Waals surface area contributed by atoms with Crippen LogP contribution in [0.2, 0.25) is 5.02 Å². The molecule has 1 aromatic carbocycles. The molecule has 0 radical (unpaired) electrons. The standard InChI is InChI=1S/C18H19ClN2O5/c1-11(18(23)21-16-7-5-13(19)10-20-16)26-17(22)8-12-4-6-14(24-2)9-15(12)25-3/h4-7,9-11H,8H2,1-3H3,(H,20,21,23). The number of anilines is 1. The largest absolute Gasteiger partial charge is 0.497 e. The molecule has 0 bridgehead atoms. The highest BCUT2D eigenvalue weighted by Crippen LogP contribution is 2.25. The third-order valence-electron chi connectivity index (χ3n) is 3.49. The molecule has 2 aromatic rings. The summed E-state index contributed by atoms with van der Waals surface area (Å²) < 4.78 is 15.5. The highest BCUT2D eigenvalue weighted by molar-refractivity contribution is 6.30. The number of ether oxygens (including phenoxy) is 3. The average Bonchev–Trinajstić information content (AvgIpc) is 2.63. The summed E-state index contributed by atoms with van der Waals surface area (Å²) in [5.74, 6) is 0.389. The first-order chi connectivity index (χ1) is 12.4. The highest BCUT2D eigenvalue weighted by atomic mass is 35.5. The van der Waals surface area contributed by atoms with E-state index in [0.29, 0.717) is 27.9 Å². The fraction of sp³-hybridized carbons (Fsp3) is 0.278. The number of esters is 1.